The van der Waals surface area contributed by atoms with Crippen LogP contribution in [0.1, 0.15) is 65.7 Å². The number of ether oxygens (including phenoxy) is 1. The molecule has 0 aliphatic heterocycles. The summed E-state index contributed by atoms with van der Waals surface area (Å²) in [5.74, 6) is 1.69. The maximum Gasteiger partial charge on any atom is 0.0752 e. The van der Waals surface area contributed by atoms with Gasteiger partial charge in [-0.25, -0.2) is 0 Å². The number of unbranched alkanes of at least 4 members (excludes halogenated alkanes) is 1. The molecule has 0 radical (unpaired) electrons. The number of nitrogens with one attached hydrogen (secondary N) is 1. The lowest BCUT2D eigenvalue weighted by molar-refractivity contribution is 0.0426. The maximum atomic E-state index is 5.78. The van der Waals surface area contributed by atoms with Gasteiger partial charge in [-0.2, -0.15) is 0 Å². The van der Waals surface area contributed by atoms with Gasteiger partial charge in [0.2, 0.25) is 0 Å². The standard InChI is InChI=1S/C16H33NO/c1-5-8-9-13(6-2)12-15(17-7-3)16(18-4)14-10-11-14/h13-17H,5-12H2,1-4H3. The highest BCUT2D eigenvalue weighted by Gasteiger charge is 2.37. The Balaban J connectivity index is 2.47. The predicted octanol–water partition coefficient (Wildman–Crippen LogP) is 4.00. The first kappa shape index (κ1) is 16.0. The predicted molar refractivity (Wildman–Crippen MR) is 78.9 cm³/mol. The van der Waals surface area contributed by atoms with Crippen LogP contribution in [0, 0.1) is 11.8 Å². The van der Waals surface area contributed by atoms with Gasteiger partial charge in [0.25, 0.3) is 0 Å². The van der Waals surface area contributed by atoms with Crippen molar-refractivity contribution in [2.24, 2.45) is 11.8 Å². The third kappa shape index (κ3) is 5.27. The average molecular weight is 255 g/mol. The molecule has 3 atom stereocenters. The highest BCUT2D eigenvalue weighted by molar-refractivity contribution is 4.91. The van der Waals surface area contributed by atoms with Gasteiger partial charge in [0.15, 0.2) is 0 Å². The quantitative estimate of drug-likeness (QED) is 0.602. The average Bonchev–Trinajstić information content (AvgIpc) is 3.19. The Morgan fingerprint density at radius 1 is 1.22 bits per heavy atom. The van der Waals surface area contributed by atoms with E-state index in [4.69, 9.17) is 4.74 Å². The minimum atomic E-state index is 0.445. The topological polar surface area (TPSA) is 21.3 Å². The molecule has 0 bridgehead atoms. The van der Waals surface area contributed by atoms with E-state index in [1.54, 1.807) is 0 Å². The molecule has 1 rings (SSSR count). The highest BCUT2D eigenvalue weighted by atomic mass is 16.5. The third-order valence-electron chi connectivity index (χ3n) is 4.35. The summed E-state index contributed by atoms with van der Waals surface area (Å²) < 4.78 is 5.78. The van der Waals surface area contributed by atoms with E-state index in [2.05, 4.69) is 26.1 Å². The molecule has 1 saturated carbocycles. The first-order valence-electron chi connectivity index (χ1n) is 8.02. The van der Waals surface area contributed by atoms with E-state index in [0.717, 1.165) is 18.4 Å². The first-order chi connectivity index (χ1) is 8.76. The van der Waals surface area contributed by atoms with Gasteiger partial charge in [0, 0.05) is 13.2 Å². The minimum absolute atomic E-state index is 0.445. The lowest BCUT2D eigenvalue weighted by atomic mass is 9.88. The van der Waals surface area contributed by atoms with Gasteiger partial charge in [0.1, 0.15) is 0 Å². The Morgan fingerprint density at radius 2 is 1.94 bits per heavy atom. The summed E-state index contributed by atoms with van der Waals surface area (Å²) in [5.41, 5.74) is 0. The smallest absolute Gasteiger partial charge is 0.0752 e. The zero-order chi connectivity index (χ0) is 13.4. The van der Waals surface area contributed by atoms with Crippen molar-refractivity contribution in [2.45, 2.75) is 77.9 Å². The van der Waals surface area contributed by atoms with Gasteiger partial charge < -0.3 is 10.1 Å². The highest BCUT2D eigenvalue weighted by Crippen LogP contribution is 2.37. The van der Waals surface area contributed by atoms with Crippen LogP contribution >= 0.6 is 0 Å². The van der Waals surface area contributed by atoms with E-state index in [0.29, 0.717) is 12.1 Å². The number of rotatable bonds is 11. The van der Waals surface area contributed by atoms with E-state index >= 15 is 0 Å². The Bertz CT molecular complexity index is 203. The monoisotopic (exact) mass is 255 g/mol. The summed E-state index contributed by atoms with van der Waals surface area (Å²) in [6, 6.07) is 0.564. The maximum absolute atomic E-state index is 5.78. The molecule has 0 aromatic carbocycles. The second-order valence-corrected chi connectivity index (χ2v) is 5.85. The number of hydrogen-bond acceptors (Lipinski definition) is 2. The molecule has 0 heterocycles. The van der Waals surface area contributed by atoms with Crippen molar-refractivity contribution in [2.75, 3.05) is 13.7 Å². The van der Waals surface area contributed by atoms with Crippen LogP contribution in [0.2, 0.25) is 0 Å². The Morgan fingerprint density at radius 3 is 2.39 bits per heavy atom. The lowest BCUT2D eigenvalue weighted by Crippen LogP contribution is -2.43. The summed E-state index contributed by atoms with van der Waals surface area (Å²) in [6.07, 6.45) is 9.86. The van der Waals surface area contributed by atoms with Crippen LogP contribution in [-0.2, 0) is 4.74 Å². The second-order valence-electron chi connectivity index (χ2n) is 5.85. The lowest BCUT2D eigenvalue weighted by Gasteiger charge is -2.30. The fraction of sp³-hybridized carbons (Fsp3) is 1.00. The van der Waals surface area contributed by atoms with Crippen molar-refractivity contribution in [3.63, 3.8) is 0 Å². The molecule has 1 N–H and O–H groups in total. The molecule has 108 valence electrons. The van der Waals surface area contributed by atoms with Crippen LogP contribution in [0.5, 0.6) is 0 Å². The van der Waals surface area contributed by atoms with Crippen LogP contribution in [0.15, 0.2) is 0 Å². The second kappa shape index (κ2) is 8.92. The number of likely N-dealkylation sites (N-methyl/N-ethyl adjacent to an activating group) is 1. The molecule has 1 aliphatic rings. The number of hydrogen-bond donors (Lipinski definition) is 1. The normalized spacial score (nSPS) is 20.7. The van der Waals surface area contributed by atoms with Crippen LogP contribution in [0.3, 0.4) is 0 Å². The molecule has 0 saturated heterocycles. The molecule has 0 aromatic heterocycles. The molecular weight excluding hydrogens is 222 g/mol. The first-order valence-corrected chi connectivity index (χ1v) is 8.02. The van der Waals surface area contributed by atoms with Gasteiger partial charge in [-0.15, -0.1) is 0 Å². The van der Waals surface area contributed by atoms with Crippen LogP contribution < -0.4 is 5.32 Å². The van der Waals surface area contributed by atoms with Crippen molar-refractivity contribution in [3.8, 4) is 0 Å². The molecule has 1 fully saturated rings. The largest absolute Gasteiger partial charge is 0.380 e. The van der Waals surface area contributed by atoms with Crippen LogP contribution in [-0.4, -0.2) is 25.8 Å². The van der Waals surface area contributed by atoms with Crippen LogP contribution in [0.4, 0.5) is 0 Å². The van der Waals surface area contributed by atoms with E-state index < -0.39 is 0 Å². The summed E-state index contributed by atoms with van der Waals surface area (Å²) in [6.45, 7) is 7.89. The van der Waals surface area contributed by atoms with Gasteiger partial charge in [-0.05, 0) is 37.6 Å². The van der Waals surface area contributed by atoms with Gasteiger partial charge in [-0.1, -0.05) is 46.5 Å². The molecular formula is C16H33NO. The minimum Gasteiger partial charge on any atom is -0.380 e. The third-order valence-corrected chi connectivity index (χ3v) is 4.35. The summed E-state index contributed by atoms with van der Waals surface area (Å²) in [5, 5.41) is 3.67. The Labute approximate surface area is 114 Å². The fourth-order valence-corrected chi connectivity index (χ4v) is 3.05. The van der Waals surface area contributed by atoms with Gasteiger partial charge in [-0.3, -0.25) is 0 Å². The molecule has 18 heavy (non-hydrogen) atoms. The van der Waals surface area contributed by atoms with Crippen molar-refractivity contribution in [1.29, 1.82) is 0 Å². The summed E-state index contributed by atoms with van der Waals surface area (Å²) in [4.78, 5) is 0. The SMILES string of the molecule is CCCCC(CC)CC(NCC)C(OC)C1CC1. The zero-order valence-corrected chi connectivity index (χ0v) is 12.9. The molecule has 0 amide bonds. The van der Waals surface area contributed by atoms with Crippen molar-refractivity contribution in [1.82, 2.24) is 5.32 Å². The molecule has 0 aromatic rings. The molecule has 3 unspecified atom stereocenters. The van der Waals surface area contributed by atoms with Crippen molar-refractivity contribution in [3.05, 3.63) is 0 Å². The molecule has 0 spiro atoms. The van der Waals surface area contributed by atoms with Crippen molar-refractivity contribution < 1.29 is 4.74 Å². The van der Waals surface area contributed by atoms with Crippen LogP contribution in [0.25, 0.3) is 0 Å². The Hall–Kier alpha value is -0.0800. The zero-order valence-electron chi connectivity index (χ0n) is 12.9. The van der Waals surface area contributed by atoms with E-state index in [-0.39, 0.29) is 0 Å². The molecule has 2 heteroatoms. The van der Waals surface area contributed by atoms with E-state index in [9.17, 15) is 0 Å². The number of methoxy groups -OCH3 is 1. The summed E-state index contributed by atoms with van der Waals surface area (Å²) in [7, 11) is 1.89. The van der Waals surface area contributed by atoms with Crippen molar-refractivity contribution >= 4 is 0 Å². The van der Waals surface area contributed by atoms with Gasteiger partial charge >= 0.3 is 0 Å². The molecule has 2 nitrogen and oxygen atoms in total. The molecule has 1 aliphatic carbocycles. The fourth-order valence-electron chi connectivity index (χ4n) is 3.05. The Kier molecular flexibility index (Phi) is 7.92. The summed E-state index contributed by atoms with van der Waals surface area (Å²) >= 11 is 0. The van der Waals surface area contributed by atoms with E-state index in [1.165, 1.54) is 44.9 Å². The van der Waals surface area contributed by atoms with E-state index in [1.807, 2.05) is 7.11 Å². The van der Waals surface area contributed by atoms with Gasteiger partial charge in [0.05, 0.1) is 6.10 Å².